The standard InChI is InChI=1S/C23H24N2O3/c1-16-22(25-23(28-16)18-5-3-2-4-6-18)11-12-27-20-9-7-17(8-10-20)21-14-24-13-19(21)15-26/h2-10,24,26H,11-15H2,1H3. The summed E-state index contributed by atoms with van der Waals surface area (Å²) >= 11 is 0. The van der Waals surface area contributed by atoms with Crippen LogP contribution in [-0.4, -0.2) is 36.4 Å². The van der Waals surface area contributed by atoms with Crippen molar-refractivity contribution in [2.24, 2.45) is 0 Å². The van der Waals surface area contributed by atoms with Crippen LogP contribution in [0.25, 0.3) is 17.0 Å². The fourth-order valence-electron chi connectivity index (χ4n) is 3.41. The monoisotopic (exact) mass is 376 g/mol. The lowest BCUT2D eigenvalue weighted by atomic mass is 10.0. The highest BCUT2D eigenvalue weighted by atomic mass is 16.5. The van der Waals surface area contributed by atoms with E-state index in [0.29, 0.717) is 18.9 Å². The Labute approximate surface area is 164 Å². The number of benzene rings is 2. The smallest absolute Gasteiger partial charge is 0.226 e. The largest absolute Gasteiger partial charge is 0.493 e. The molecule has 0 saturated carbocycles. The quantitative estimate of drug-likeness (QED) is 0.659. The van der Waals surface area contributed by atoms with E-state index in [2.05, 4.69) is 10.3 Å². The van der Waals surface area contributed by atoms with E-state index >= 15 is 0 Å². The molecule has 1 aliphatic heterocycles. The maximum Gasteiger partial charge on any atom is 0.226 e. The number of aliphatic hydroxyl groups is 1. The number of aliphatic hydroxyl groups excluding tert-OH is 1. The average molecular weight is 376 g/mol. The van der Waals surface area contributed by atoms with E-state index in [1.807, 2.05) is 61.5 Å². The van der Waals surface area contributed by atoms with Crippen LogP contribution >= 0.6 is 0 Å². The van der Waals surface area contributed by atoms with E-state index in [1.165, 1.54) is 5.57 Å². The zero-order valence-corrected chi connectivity index (χ0v) is 15.9. The number of hydrogen-bond donors (Lipinski definition) is 2. The summed E-state index contributed by atoms with van der Waals surface area (Å²) in [6.07, 6.45) is 0.688. The lowest BCUT2D eigenvalue weighted by Crippen LogP contribution is -2.09. The van der Waals surface area contributed by atoms with Crippen molar-refractivity contribution in [2.75, 3.05) is 26.3 Å². The van der Waals surface area contributed by atoms with Crippen molar-refractivity contribution in [1.82, 2.24) is 10.3 Å². The summed E-state index contributed by atoms with van der Waals surface area (Å²) in [7, 11) is 0. The second kappa shape index (κ2) is 8.42. The Balaban J connectivity index is 1.36. The molecule has 3 aromatic rings. The lowest BCUT2D eigenvalue weighted by molar-refractivity contribution is 0.320. The van der Waals surface area contributed by atoms with Crippen LogP contribution in [0.2, 0.25) is 0 Å². The zero-order valence-electron chi connectivity index (χ0n) is 15.9. The first-order valence-corrected chi connectivity index (χ1v) is 9.52. The SMILES string of the molecule is Cc1oc(-c2ccccc2)nc1CCOc1ccc(C2=C(CO)CNC2)cc1. The number of hydrogen-bond acceptors (Lipinski definition) is 5. The average Bonchev–Trinajstić information content (AvgIpc) is 3.36. The van der Waals surface area contributed by atoms with Gasteiger partial charge in [-0.3, -0.25) is 0 Å². The molecular weight excluding hydrogens is 352 g/mol. The molecule has 0 spiro atoms. The van der Waals surface area contributed by atoms with Crippen LogP contribution in [0.3, 0.4) is 0 Å². The third-order valence-corrected chi connectivity index (χ3v) is 4.98. The topological polar surface area (TPSA) is 67.5 Å². The Bertz CT molecular complexity index is 959. The second-order valence-electron chi connectivity index (χ2n) is 6.85. The highest BCUT2D eigenvalue weighted by molar-refractivity contribution is 5.72. The summed E-state index contributed by atoms with van der Waals surface area (Å²) < 4.78 is 11.7. The van der Waals surface area contributed by atoms with Gasteiger partial charge in [-0.05, 0) is 47.9 Å². The van der Waals surface area contributed by atoms with Gasteiger partial charge in [0.1, 0.15) is 11.5 Å². The number of oxazole rings is 1. The van der Waals surface area contributed by atoms with Crippen LogP contribution in [-0.2, 0) is 6.42 Å². The minimum Gasteiger partial charge on any atom is -0.493 e. The van der Waals surface area contributed by atoms with Gasteiger partial charge in [0.15, 0.2) is 0 Å². The molecule has 1 aromatic heterocycles. The molecule has 0 saturated heterocycles. The van der Waals surface area contributed by atoms with Gasteiger partial charge in [-0.15, -0.1) is 0 Å². The Morgan fingerprint density at radius 2 is 1.82 bits per heavy atom. The fraction of sp³-hybridized carbons (Fsp3) is 0.261. The van der Waals surface area contributed by atoms with Crippen molar-refractivity contribution in [3.8, 4) is 17.2 Å². The molecule has 0 unspecified atom stereocenters. The highest BCUT2D eigenvalue weighted by Gasteiger charge is 2.15. The molecule has 0 radical (unpaired) electrons. The molecule has 2 N–H and O–H groups in total. The second-order valence-corrected chi connectivity index (χ2v) is 6.85. The van der Waals surface area contributed by atoms with Gasteiger partial charge < -0.3 is 19.6 Å². The minimum absolute atomic E-state index is 0.0998. The summed E-state index contributed by atoms with van der Waals surface area (Å²) in [4.78, 5) is 4.61. The molecule has 0 fully saturated rings. The zero-order chi connectivity index (χ0) is 19.3. The molecule has 0 amide bonds. The Morgan fingerprint density at radius 1 is 1.04 bits per heavy atom. The van der Waals surface area contributed by atoms with Crippen molar-refractivity contribution in [2.45, 2.75) is 13.3 Å². The molecule has 2 aromatic carbocycles. The maximum absolute atomic E-state index is 9.44. The summed E-state index contributed by atoms with van der Waals surface area (Å²) in [6.45, 7) is 4.12. The van der Waals surface area contributed by atoms with E-state index in [-0.39, 0.29) is 6.61 Å². The summed E-state index contributed by atoms with van der Waals surface area (Å²) in [5.41, 5.74) is 5.27. The van der Waals surface area contributed by atoms with E-state index in [9.17, 15) is 5.11 Å². The van der Waals surface area contributed by atoms with Crippen molar-refractivity contribution in [3.05, 3.63) is 77.2 Å². The van der Waals surface area contributed by atoms with Gasteiger partial charge in [0.25, 0.3) is 0 Å². The molecule has 0 atom stereocenters. The van der Waals surface area contributed by atoms with Gasteiger partial charge in [-0.2, -0.15) is 0 Å². The first kappa shape index (κ1) is 18.5. The predicted octanol–water partition coefficient (Wildman–Crippen LogP) is 3.62. The van der Waals surface area contributed by atoms with Crippen LogP contribution in [0, 0.1) is 6.92 Å². The summed E-state index contributed by atoms with van der Waals surface area (Å²) in [6, 6.07) is 17.9. The Kier molecular flexibility index (Phi) is 5.55. The molecule has 2 heterocycles. The van der Waals surface area contributed by atoms with Crippen LogP contribution in [0.15, 0.2) is 64.6 Å². The van der Waals surface area contributed by atoms with E-state index in [0.717, 1.165) is 47.0 Å². The van der Waals surface area contributed by atoms with Crippen molar-refractivity contribution >= 4 is 5.57 Å². The van der Waals surface area contributed by atoms with Crippen molar-refractivity contribution in [1.29, 1.82) is 0 Å². The van der Waals surface area contributed by atoms with Crippen LogP contribution in [0.1, 0.15) is 17.0 Å². The molecule has 144 valence electrons. The summed E-state index contributed by atoms with van der Waals surface area (Å²) in [5, 5.41) is 12.7. The first-order chi connectivity index (χ1) is 13.7. The third-order valence-electron chi connectivity index (χ3n) is 4.98. The molecule has 4 rings (SSSR count). The fourth-order valence-corrected chi connectivity index (χ4v) is 3.41. The Morgan fingerprint density at radius 3 is 2.57 bits per heavy atom. The Hall–Kier alpha value is -2.89. The number of aromatic nitrogens is 1. The van der Waals surface area contributed by atoms with E-state index < -0.39 is 0 Å². The number of rotatable bonds is 7. The van der Waals surface area contributed by atoms with Gasteiger partial charge in [0.05, 0.1) is 18.9 Å². The maximum atomic E-state index is 9.44. The molecule has 5 heteroatoms. The van der Waals surface area contributed by atoms with Crippen molar-refractivity contribution in [3.63, 3.8) is 0 Å². The van der Waals surface area contributed by atoms with Gasteiger partial charge in [-0.1, -0.05) is 30.3 Å². The van der Waals surface area contributed by atoms with Gasteiger partial charge in [-0.25, -0.2) is 4.98 Å². The molecular formula is C23H24N2O3. The normalized spacial score (nSPS) is 13.9. The van der Waals surface area contributed by atoms with Gasteiger partial charge >= 0.3 is 0 Å². The first-order valence-electron chi connectivity index (χ1n) is 9.52. The molecule has 0 bridgehead atoms. The van der Waals surface area contributed by atoms with Gasteiger partial charge in [0, 0.05) is 25.1 Å². The number of nitrogens with one attached hydrogen (secondary N) is 1. The van der Waals surface area contributed by atoms with E-state index in [1.54, 1.807) is 0 Å². The predicted molar refractivity (Wildman–Crippen MR) is 109 cm³/mol. The van der Waals surface area contributed by atoms with Crippen LogP contribution in [0.5, 0.6) is 5.75 Å². The summed E-state index contributed by atoms with van der Waals surface area (Å²) in [5.74, 6) is 2.30. The highest BCUT2D eigenvalue weighted by Crippen LogP contribution is 2.25. The minimum atomic E-state index is 0.0998. The van der Waals surface area contributed by atoms with Crippen LogP contribution in [0.4, 0.5) is 0 Å². The van der Waals surface area contributed by atoms with Crippen molar-refractivity contribution < 1.29 is 14.3 Å². The third kappa shape index (κ3) is 4.01. The molecule has 0 aliphatic carbocycles. The number of nitrogens with zero attached hydrogens (tertiary/aromatic N) is 1. The molecule has 28 heavy (non-hydrogen) atoms. The number of aryl methyl sites for hydroxylation is 1. The molecule has 1 aliphatic rings. The molecule has 5 nitrogen and oxygen atoms in total. The van der Waals surface area contributed by atoms with Crippen LogP contribution < -0.4 is 10.1 Å². The lowest BCUT2D eigenvalue weighted by Gasteiger charge is -2.08. The van der Waals surface area contributed by atoms with E-state index in [4.69, 9.17) is 9.15 Å². The van der Waals surface area contributed by atoms with Gasteiger partial charge in [0.2, 0.25) is 5.89 Å². The number of ether oxygens (including phenoxy) is 1.